The van der Waals surface area contributed by atoms with Gasteiger partial charge in [-0.1, -0.05) is 26.0 Å². The zero-order valence-corrected chi connectivity index (χ0v) is 14.3. The Hall–Kier alpha value is -2.35. The molecule has 0 radical (unpaired) electrons. The molecule has 0 aliphatic carbocycles. The quantitative estimate of drug-likeness (QED) is 0.865. The maximum Gasteiger partial charge on any atom is 0.286 e. The first kappa shape index (κ1) is 16.5. The summed E-state index contributed by atoms with van der Waals surface area (Å²) < 4.78 is 28.3. The number of aliphatic hydroxyl groups is 1. The van der Waals surface area contributed by atoms with E-state index in [2.05, 4.69) is 9.71 Å². The molecule has 0 atom stereocenters. The van der Waals surface area contributed by atoms with Gasteiger partial charge in [0, 0.05) is 6.54 Å². The normalized spacial score (nSPS) is 19.4. The Morgan fingerprint density at radius 1 is 1.33 bits per heavy atom. The highest BCUT2D eigenvalue weighted by Crippen LogP contribution is 2.30. The van der Waals surface area contributed by atoms with Crippen molar-refractivity contribution in [3.63, 3.8) is 0 Å². The minimum atomic E-state index is -3.91. The van der Waals surface area contributed by atoms with E-state index in [0.717, 1.165) is 6.42 Å². The minimum Gasteiger partial charge on any atom is -0.509 e. The van der Waals surface area contributed by atoms with Crippen LogP contribution in [0.5, 0.6) is 0 Å². The van der Waals surface area contributed by atoms with Crippen LogP contribution in [0.2, 0.25) is 0 Å². The van der Waals surface area contributed by atoms with Crippen molar-refractivity contribution in [2.75, 3.05) is 18.4 Å². The SMILES string of the molecule is CC(C)CCN1CC(O)=C(C2=NS(=O)(=O)c3ccccc3N2)C1=O. The molecule has 3 rings (SSSR count). The summed E-state index contributed by atoms with van der Waals surface area (Å²) in [5.41, 5.74) is 0.271. The fourth-order valence-corrected chi connectivity index (χ4v) is 3.79. The van der Waals surface area contributed by atoms with Crippen LogP contribution in [0.3, 0.4) is 0 Å². The van der Waals surface area contributed by atoms with Gasteiger partial charge in [0.15, 0.2) is 5.84 Å². The number of carbonyl (C=O) groups excluding carboxylic acids is 1. The Kier molecular flexibility index (Phi) is 4.08. The number of amides is 1. The van der Waals surface area contributed by atoms with E-state index in [1.165, 1.54) is 11.0 Å². The molecule has 0 spiro atoms. The molecule has 2 heterocycles. The third kappa shape index (κ3) is 2.89. The first-order valence-corrected chi connectivity index (χ1v) is 9.16. The summed E-state index contributed by atoms with van der Waals surface area (Å²) in [6, 6.07) is 6.32. The van der Waals surface area contributed by atoms with Crippen molar-refractivity contribution in [2.24, 2.45) is 10.3 Å². The summed E-state index contributed by atoms with van der Waals surface area (Å²) in [7, 11) is -3.91. The number of amidine groups is 1. The Morgan fingerprint density at radius 2 is 2.04 bits per heavy atom. The van der Waals surface area contributed by atoms with Gasteiger partial charge >= 0.3 is 0 Å². The summed E-state index contributed by atoms with van der Waals surface area (Å²) >= 11 is 0. The molecule has 1 amide bonds. The largest absolute Gasteiger partial charge is 0.509 e. The molecule has 7 nitrogen and oxygen atoms in total. The third-order valence-corrected chi connectivity index (χ3v) is 5.31. The van der Waals surface area contributed by atoms with E-state index >= 15 is 0 Å². The number of carbonyl (C=O) groups is 1. The van der Waals surface area contributed by atoms with Gasteiger partial charge in [-0.3, -0.25) is 4.79 Å². The molecule has 1 aromatic carbocycles. The molecular formula is C16H19N3O4S. The lowest BCUT2D eigenvalue weighted by Crippen LogP contribution is -2.33. The molecule has 0 fully saturated rings. The molecule has 0 aromatic heterocycles. The Labute approximate surface area is 140 Å². The van der Waals surface area contributed by atoms with Crippen LogP contribution in [0.1, 0.15) is 20.3 Å². The lowest BCUT2D eigenvalue weighted by molar-refractivity contribution is -0.125. The van der Waals surface area contributed by atoms with E-state index in [-0.39, 0.29) is 28.6 Å². The summed E-state index contributed by atoms with van der Waals surface area (Å²) in [5.74, 6) is -0.275. The summed E-state index contributed by atoms with van der Waals surface area (Å²) in [6.45, 7) is 4.67. The summed E-state index contributed by atoms with van der Waals surface area (Å²) in [4.78, 5) is 14.1. The van der Waals surface area contributed by atoms with Gasteiger partial charge in [-0.2, -0.15) is 8.42 Å². The predicted molar refractivity (Wildman–Crippen MR) is 90.4 cm³/mol. The van der Waals surface area contributed by atoms with Crippen LogP contribution in [0.15, 0.2) is 44.9 Å². The van der Waals surface area contributed by atoms with Crippen molar-refractivity contribution in [1.29, 1.82) is 0 Å². The average molecular weight is 349 g/mol. The number of sulfonamides is 1. The van der Waals surface area contributed by atoms with Crippen molar-refractivity contribution in [2.45, 2.75) is 25.2 Å². The molecule has 2 N–H and O–H groups in total. The van der Waals surface area contributed by atoms with E-state index < -0.39 is 15.9 Å². The zero-order valence-electron chi connectivity index (χ0n) is 13.5. The van der Waals surface area contributed by atoms with Gasteiger partial charge in [0.1, 0.15) is 16.2 Å². The molecule has 0 unspecified atom stereocenters. The van der Waals surface area contributed by atoms with Crippen molar-refractivity contribution in [1.82, 2.24) is 4.90 Å². The molecule has 0 bridgehead atoms. The lowest BCUT2D eigenvalue weighted by atomic mass is 10.1. The highest BCUT2D eigenvalue weighted by atomic mass is 32.2. The number of nitrogens with one attached hydrogen (secondary N) is 1. The number of hydrogen-bond donors (Lipinski definition) is 2. The van der Waals surface area contributed by atoms with E-state index in [9.17, 15) is 18.3 Å². The molecule has 1 aromatic rings. The van der Waals surface area contributed by atoms with Gasteiger partial charge < -0.3 is 15.3 Å². The van der Waals surface area contributed by atoms with E-state index in [1.54, 1.807) is 18.2 Å². The van der Waals surface area contributed by atoms with E-state index in [4.69, 9.17) is 0 Å². The molecule has 0 saturated heterocycles. The first-order chi connectivity index (χ1) is 11.3. The maximum absolute atomic E-state index is 12.5. The van der Waals surface area contributed by atoms with Crippen LogP contribution in [0, 0.1) is 5.92 Å². The summed E-state index contributed by atoms with van der Waals surface area (Å²) in [5, 5.41) is 13.0. The Bertz CT molecular complexity index is 856. The molecule has 2 aliphatic heterocycles. The monoisotopic (exact) mass is 349 g/mol. The Morgan fingerprint density at radius 3 is 2.75 bits per heavy atom. The number of benzene rings is 1. The molecule has 2 aliphatic rings. The van der Waals surface area contributed by atoms with Gasteiger partial charge in [-0.25, -0.2) is 0 Å². The molecule has 0 saturated carbocycles. The number of rotatable bonds is 4. The third-order valence-electron chi connectivity index (χ3n) is 3.97. The molecular weight excluding hydrogens is 330 g/mol. The van der Waals surface area contributed by atoms with Gasteiger partial charge in [0.2, 0.25) is 0 Å². The number of para-hydroxylation sites is 1. The second kappa shape index (κ2) is 5.94. The highest BCUT2D eigenvalue weighted by molar-refractivity contribution is 7.90. The van der Waals surface area contributed by atoms with Crippen LogP contribution in [-0.4, -0.2) is 43.3 Å². The van der Waals surface area contributed by atoms with E-state index in [0.29, 0.717) is 18.2 Å². The van der Waals surface area contributed by atoms with Crippen LogP contribution >= 0.6 is 0 Å². The van der Waals surface area contributed by atoms with Crippen LogP contribution in [-0.2, 0) is 14.8 Å². The first-order valence-electron chi connectivity index (χ1n) is 7.72. The lowest BCUT2D eigenvalue weighted by Gasteiger charge is -2.20. The number of hydrogen-bond acceptors (Lipinski definition) is 5. The van der Waals surface area contributed by atoms with Crippen LogP contribution in [0.4, 0.5) is 5.69 Å². The minimum absolute atomic E-state index is 0.0518. The predicted octanol–water partition coefficient (Wildman–Crippen LogP) is 1.90. The van der Waals surface area contributed by atoms with Gasteiger partial charge in [0.25, 0.3) is 15.9 Å². The molecule has 24 heavy (non-hydrogen) atoms. The average Bonchev–Trinajstić information content (AvgIpc) is 2.78. The number of fused-ring (bicyclic) bond motifs is 1. The number of nitrogens with zero attached hydrogens (tertiary/aromatic N) is 2. The van der Waals surface area contributed by atoms with Crippen molar-refractivity contribution < 1.29 is 18.3 Å². The second-order valence-electron chi connectivity index (χ2n) is 6.27. The Balaban J connectivity index is 1.91. The standard InChI is InChI=1S/C16H19N3O4S/c1-10(2)7-8-19-9-12(20)14(16(19)21)15-17-11-5-3-4-6-13(11)24(22,23)18-15/h3-6,10,20H,7-9H2,1-2H3,(H,17,18). The van der Waals surface area contributed by atoms with Gasteiger partial charge in [0.05, 0.1) is 12.2 Å². The maximum atomic E-state index is 12.5. The highest BCUT2D eigenvalue weighted by Gasteiger charge is 2.37. The number of anilines is 1. The zero-order chi connectivity index (χ0) is 17.5. The summed E-state index contributed by atoms with van der Waals surface area (Å²) in [6.07, 6.45) is 0.799. The topological polar surface area (TPSA) is 99.1 Å². The van der Waals surface area contributed by atoms with Gasteiger partial charge in [-0.15, -0.1) is 4.40 Å². The van der Waals surface area contributed by atoms with Crippen molar-refractivity contribution >= 4 is 27.5 Å². The molecule has 128 valence electrons. The number of aliphatic hydroxyl groups excluding tert-OH is 1. The smallest absolute Gasteiger partial charge is 0.286 e. The van der Waals surface area contributed by atoms with Crippen LogP contribution < -0.4 is 5.32 Å². The van der Waals surface area contributed by atoms with Gasteiger partial charge in [-0.05, 0) is 24.5 Å². The van der Waals surface area contributed by atoms with Crippen molar-refractivity contribution in [3.05, 3.63) is 35.6 Å². The van der Waals surface area contributed by atoms with Crippen LogP contribution in [0.25, 0.3) is 0 Å². The van der Waals surface area contributed by atoms with E-state index in [1.807, 2.05) is 13.8 Å². The molecule has 8 heteroatoms. The van der Waals surface area contributed by atoms with Crippen molar-refractivity contribution in [3.8, 4) is 0 Å². The fourth-order valence-electron chi connectivity index (χ4n) is 2.67. The fraction of sp³-hybridized carbons (Fsp3) is 0.375. The second-order valence-corrected chi connectivity index (χ2v) is 7.84.